The third kappa shape index (κ3) is 6.93. The number of hydrogen-bond acceptors (Lipinski definition) is 4. The largest absolute Gasteiger partial charge is 0.315 e. The van der Waals surface area contributed by atoms with Crippen LogP contribution in [0.3, 0.4) is 0 Å². The van der Waals surface area contributed by atoms with Crippen molar-refractivity contribution in [1.29, 1.82) is 0 Å². The van der Waals surface area contributed by atoms with E-state index in [1.54, 1.807) is 60.7 Å². The number of carbonyl (C=O) groups is 1. The molecule has 0 spiro atoms. The summed E-state index contributed by atoms with van der Waals surface area (Å²) >= 11 is 5.77. The van der Waals surface area contributed by atoms with Gasteiger partial charge in [-0.2, -0.15) is 8.42 Å². The minimum Gasteiger partial charge on any atom is -0.315 e. The van der Waals surface area contributed by atoms with Crippen LogP contribution < -0.4 is 5.32 Å². The third-order valence-electron chi connectivity index (χ3n) is 4.10. The summed E-state index contributed by atoms with van der Waals surface area (Å²) in [6, 6.07) is 17.8. The van der Waals surface area contributed by atoms with Gasteiger partial charge in [-0.1, -0.05) is 41.8 Å². The third-order valence-corrected chi connectivity index (χ3v) is 4.88. The molecule has 0 radical (unpaired) electrons. The van der Waals surface area contributed by atoms with Crippen molar-refractivity contribution in [1.82, 2.24) is 0 Å². The van der Waals surface area contributed by atoms with Gasteiger partial charge in [0.1, 0.15) is 5.82 Å². The molecular weight excluding hydrogens is 441 g/mol. The van der Waals surface area contributed by atoms with Crippen LogP contribution in [-0.4, -0.2) is 20.6 Å². The van der Waals surface area contributed by atoms with Gasteiger partial charge in [-0.25, -0.2) is 4.39 Å². The molecule has 0 heterocycles. The molecule has 1 amide bonds. The van der Waals surface area contributed by atoms with E-state index in [0.717, 1.165) is 6.26 Å². The van der Waals surface area contributed by atoms with Crippen LogP contribution in [0.15, 0.2) is 66.7 Å². The lowest BCUT2D eigenvalue weighted by Crippen LogP contribution is -2.08. The molecule has 3 aromatic rings. The first kappa shape index (κ1) is 22.5. The topological polar surface area (TPSA) is 72.5 Å². The van der Waals surface area contributed by atoms with Gasteiger partial charge in [0, 0.05) is 27.8 Å². The fourth-order valence-electron chi connectivity index (χ4n) is 2.61. The maximum Gasteiger partial charge on any atom is 0.300 e. The first-order valence-electron chi connectivity index (χ1n) is 9.01. The van der Waals surface area contributed by atoms with Crippen molar-refractivity contribution in [2.24, 2.45) is 0 Å². The van der Waals surface area contributed by atoms with Crippen molar-refractivity contribution in [2.75, 3.05) is 11.6 Å². The van der Waals surface area contributed by atoms with Crippen molar-refractivity contribution in [3.63, 3.8) is 0 Å². The quantitative estimate of drug-likeness (QED) is 0.448. The van der Waals surface area contributed by atoms with E-state index in [0.29, 0.717) is 33.0 Å². The summed E-state index contributed by atoms with van der Waals surface area (Å²) in [4.78, 5) is 12.1. The lowest BCUT2D eigenvalue weighted by molar-refractivity contribution is -0.111. The van der Waals surface area contributed by atoms with Crippen molar-refractivity contribution < 1.29 is 21.8 Å². The zero-order valence-corrected chi connectivity index (χ0v) is 17.9. The molecule has 0 unspecified atom stereocenters. The lowest BCUT2D eigenvalue weighted by Gasteiger charge is -2.06. The first-order chi connectivity index (χ1) is 14.7. The molecule has 31 heavy (non-hydrogen) atoms. The Kier molecular flexibility index (Phi) is 7.08. The summed E-state index contributed by atoms with van der Waals surface area (Å²) in [6.07, 6.45) is 0.981. The maximum absolute atomic E-state index is 14.0. The standard InChI is InChI=1S/C23H17ClFNO4S/c1-31(28,29)30-15-17-4-2-16(3-5-17)6-13-23(27)26-20-10-7-18(8-11-20)21-12-9-19(24)14-22(21)25/h2-5,7-12,14H,15H2,1H3,(H,26,27). The fourth-order valence-corrected chi connectivity index (χ4v) is 3.12. The van der Waals surface area contributed by atoms with Gasteiger partial charge in [0.25, 0.3) is 10.1 Å². The number of rotatable bonds is 5. The van der Waals surface area contributed by atoms with E-state index in [2.05, 4.69) is 17.2 Å². The SMILES string of the molecule is CS(=O)(=O)OCc1ccc(C#CC(=O)Nc2ccc(-c3ccc(Cl)cc3F)cc2)cc1. The van der Waals surface area contributed by atoms with Crippen LogP contribution in [0.5, 0.6) is 0 Å². The molecule has 5 nitrogen and oxygen atoms in total. The molecule has 0 saturated heterocycles. The van der Waals surface area contributed by atoms with Crippen LogP contribution in [0.2, 0.25) is 5.02 Å². The van der Waals surface area contributed by atoms with Crippen molar-refractivity contribution in [3.05, 3.63) is 88.7 Å². The van der Waals surface area contributed by atoms with Crippen molar-refractivity contribution in [3.8, 4) is 23.0 Å². The number of carbonyl (C=O) groups excluding carboxylic acids is 1. The van der Waals surface area contributed by atoms with Crippen molar-refractivity contribution in [2.45, 2.75) is 6.61 Å². The molecule has 0 aromatic heterocycles. The molecule has 3 rings (SSSR count). The van der Waals surface area contributed by atoms with Crippen LogP contribution in [0.4, 0.5) is 10.1 Å². The molecule has 0 aliphatic rings. The zero-order valence-electron chi connectivity index (χ0n) is 16.4. The fraction of sp³-hybridized carbons (Fsp3) is 0.0870. The minimum atomic E-state index is -3.51. The first-order valence-corrected chi connectivity index (χ1v) is 11.2. The van der Waals surface area contributed by atoms with Gasteiger partial charge in [0.15, 0.2) is 0 Å². The van der Waals surface area contributed by atoms with Crippen LogP contribution >= 0.6 is 11.6 Å². The molecule has 0 bridgehead atoms. The Bertz CT molecular complexity index is 1260. The number of amides is 1. The summed E-state index contributed by atoms with van der Waals surface area (Å²) in [7, 11) is -3.51. The van der Waals surface area contributed by atoms with Crippen LogP contribution in [0.25, 0.3) is 11.1 Å². The number of benzene rings is 3. The van der Waals surface area contributed by atoms with E-state index in [1.807, 2.05) is 0 Å². The van der Waals surface area contributed by atoms with Gasteiger partial charge < -0.3 is 5.32 Å². The summed E-state index contributed by atoms with van der Waals surface area (Å²) in [5.41, 5.74) is 2.83. The van der Waals surface area contributed by atoms with E-state index in [4.69, 9.17) is 15.8 Å². The second kappa shape index (κ2) is 9.75. The Hall–Kier alpha value is -3.18. The Morgan fingerprint density at radius 1 is 1.06 bits per heavy atom. The molecule has 158 valence electrons. The zero-order chi connectivity index (χ0) is 22.4. The molecule has 0 saturated carbocycles. The highest BCUT2D eigenvalue weighted by molar-refractivity contribution is 7.85. The highest BCUT2D eigenvalue weighted by Crippen LogP contribution is 2.26. The van der Waals surface area contributed by atoms with Crippen LogP contribution in [0.1, 0.15) is 11.1 Å². The Morgan fingerprint density at radius 2 is 1.74 bits per heavy atom. The molecule has 0 atom stereocenters. The highest BCUT2D eigenvalue weighted by Gasteiger charge is 2.06. The number of hydrogen-bond donors (Lipinski definition) is 1. The minimum absolute atomic E-state index is 0.0665. The lowest BCUT2D eigenvalue weighted by atomic mass is 10.0. The van der Waals surface area contributed by atoms with Gasteiger partial charge in [-0.05, 0) is 53.6 Å². The molecule has 0 aliphatic carbocycles. The Balaban J connectivity index is 1.60. The summed E-state index contributed by atoms with van der Waals surface area (Å²) in [5, 5.41) is 2.97. The summed E-state index contributed by atoms with van der Waals surface area (Å²) in [6.45, 7) is -0.0665. The van der Waals surface area contributed by atoms with E-state index in [-0.39, 0.29) is 6.61 Å². The maximum atomic E-state index is 14.0. The summed E-state index contributed by atoms with van der Waals surface area (Å²) < 4.78 is 40.7. The summed E-state index contributed by atoms with van der Waals surface area (Å²) in [5.74, 6) is 4.28. The molecule has 8 heteroatoms. The van der Waals surface area contributed by atoms with E-state index < -0.39 is 21.8 Å². The number of nitrogens with one attached hydrogen (secondary N) is 1. The molecule has 1 N–H and O–H groups in total. The van der Waals surface area contributed by atoms with Gasteiger partial charge in [0.05, 0.1) is 12.9 Å². The molecule has 3 aromatic carbocycles. The normalized spacial score (nSPS) is 10.8. The smallest absolute Gasteiger partial charge is 0.300 e. The number of halogens is 2. The molecular formula is C23H17ClFNO4S. The predicted octanol–water partition coefficient (Wildman–Crippen LogP) is 4.61. The van der Waals surface area contributed by atoms with Gasteiger partial charge in [-0.3, -0.25) is 8.98 Å². The monoisotopic (exact) mass is 457 g/mol. The predicted molar refractivity (Wildman–Crippen MR) is 118 cm³/mol. The highest BCUT2D eigenvalue weighted by atomic mass is 35.5. The van der Waals surface area contributed by atoms with Gasteiger partial charge in [-0.15, -0.1) is 0 Å². The second-order valence-corrected chi connectivity index (χ2v) is 8.65. The van der Waals surface area contributed by atoms with Gasteiger partial charge >= 0.3 is 5.91 Å². The van der Waals surface area contributed by atoms with E-state index in [9.17, 15) is 17.6 Å². The average molecular weight is 458 g/mol. The van der Waals surface area contributed by atoms with Crippen molar-refractivity contribution >= 4 is 33.3 Å². The van der Waals surface area contributed by atoms with Gasteiger partial charge in [0.2, 0.25) is 0 Å². The van der Waals surface area contributed by atoms with E-state index in [1.165, 1.54) is 6.07 Å². The van der Waals surface area contributed by atoms with E-state index >= 15 is 0 Å². The molecule has 0 aliphatic heterocycles. The van der Waals surface area contributed by atoms with Crippen LogP contribution in [0, 0.1) is 17.7 Å². The number of anilines is 1. The Labute approximate surface area is 184 Å². The Morgan fingerprint density at radius 3 is 2.35 bits per heavy atom. The molecule has 0 fully saturated rings. The second-order valence-electron chi connectivity index (χ2n) is 6.57. The van der Waals surface area contributed by atoms with Crippen LogP contribution in [-0.2, 0) is 25.7 Å². The average Bonchev–Trinajstić information content (AvgIpc) is 2.72.